The van der Waals surface area contributed by atoms with E-state index in [1.165, 1.54) is 30.2 Å². The van der Waals surface area contributed by atoms with Crippen LogP contribution in [-0.2, 0) is 0 Å². The average molecular weight is 355 g/mol. The number of rotatable bonds is 3. The first kappa shape index (κ1) is 17.3. The first-order valence-corrected chi connectivity index (χ1v) is 9.95. The highest BCUT2D eigenvalue weighted by Gasteiger charge is 2.27. The van der Waals surface area contributed by atoms with Crippen LogP contribution in [0, 0.1) is 0 Å². The highest BCUT2D eigenvalue weighted by atomic mass is 16.5. The SMILES string of the molecule is COc1ccc2[nH]cc(C3CCN(C(=O)NC4CCCCC4)CC3)c2c1. The molecule has 0 atom stereocenters. The second-order valence-electron chi connectivity index (χ2n) is 7.70. The van der Waals surface area contributed by atoms with E-state index in [0.29, 0.717) is 12.0 Å². The number of carbonyl (C=O) groups is 1. The summed E-state index contributed by atoms with van der Waals surface area (Å²) in [7, 11) is 1.71. The van der Waals surface area contributed by atoms with Gasteiger partial charge in [0.2, 0.25) is 0 Å². The molecule has 140 valence electrons. The summed E-state index contributed by atoms with van der Waals surface area (Å²) in [6.45, 7) is 1.67. The minimum atomic E-state index is 0.135. The summed E-state index contributed by atoms with van der Waals surface area (Å²) in [6.07, 6.45) is 10.2. The molecule has 1 saturated heterocycles. The van der Waals surface area contributed by atoms with Crippen LogP contribution < -0.4 is 10.1 Å². The standard InChI is InChI=1S/C21H29N3O2/c1-26-17-7-8-20-18(13-17)19(14-22-20)15-9-11-24(12-10-15)21(25)23-16-5-3-2-4-6-16/h7-8,13-16,22H,2-6,9-12H2,1H3,(H,23,25). The zero-order chi connectivity index (χ0) is 17.9. The van der Waals surface area contributed by atoms with E-state index in [1.807, 2.05) is 11.0 Å². The largest absolute Gasteiger partial charge is 0.497 e. The zero-order valence-electron chi connectivity index (χ0n) is 15.6. The lowest BCUT2D eigenvalue weighted by atomic mass is 9.89. The van der Waals surface area contributed by atoms with Crippen LogP contribution in [0.2, 0.25) is 0 Å². The Morgan fingerprint density at radius 2 is 1.92 bits per heavy atom. The van der Waals surface area contributed by atoms with Crippen LogP contribution in [0.4, 0.5) is 4.79 Å². The number of urea groups is 1. The minimum Gasteiger partial charge on any atom is -0.497 e. The molecular formula is C21H29N3O2. The predicted molar refractivity (Wildman–Crippen MR) is 104 cm³/mol. The van der Waals surface area contributed by atoms with Gasteiger partial charge in [0, 0.05) is 36.2 Å². The lowest BCUT2D eigenvalue weighted by molar-refractivity contribution is 0.174. The number of nitrogens with zero attached hydrogens (tertiary/aromatic N) is 1. The molecule has 2 aliphatic rings. The van der Waals surface area contributed by atoms with Crippen LogP contribution >= 0.6 is 0 Å². The molecule has 0 bridgehead atoms. The summed E-state index contributed by atoms with van der Waals surface area (Å²) < 4.78 is 5.38. The number of fused-ring (bicyclic) bond motifs is 1. The number of benzene rings is 1. The van der Waals surface area contributed by atoms with Crippen molar-refractivity contribution in [2.45, 2.75) is 56.9 Å². The fourth-order valence-corrected chi connectivity index (χ4v) is 4.49. The Balaban J connectivity index is 1.38. The number of hydrogen-bond acceptors (Lipinski definition) is 2. The lowest BCUT2D eigenvalue weighted by Crippen LogP contribution is -2.48. The molecule has 2 aromatic rings. The normalized spacial score (nSPS) is 19.7. The number of methoxy groups -OCH3 is 1. The van der Waals surface area contributed by atoms with Gasteiger partial charge in [0.1, 0.15) is 5.75 Å². The van der Waals surface area contributed by atoms with E-state index in [4.69, 9.17) is 4.74 Å². The second-order valence-corrected chi connectivity index (χ2v) is 7.70. The molecule has 26 heavy (non-hydrogen) atoms. The van der Waals surface area contributed by atoms with Crippen molar-refractivity contribution in [3.05, 3.63) is 30.0 Å². The molecule has 1 aromatic heterocycles. The zero-order valence-corrected chi connectivity index (χ0v) is 15.6. The third-order valence-corrected chi connectivity index (χ3v) is 6.08. The van der Waals surface area contributed by atoms with Crippen molar-refractivity contribution in [1.82, 2.24) is 15.2 Å². The van der Waals surface area contributed by atoms with Gasteiger partial charge in [-0.3, -0.25) is 0 Å². The molecule has 5 nitrogen and oxygen atoms in total. The van der Waals surface area contributed by atoms with Crippen molar-refractivity contribution in [1.29, 1.82) is 0 Å². The Bertz CT molecular complexity index is 756. The van der Waals surface area contributed by atoms with Gasteiger partial charge in [-0.05, 0) is 55.4 Å². The van der Waals surface area contributed by atoms with Gasteiger partial charge in [-0.15, -0.1) is 0 Å². The second kappa shape index (κ2) is 7.60. The van der Waals surface area contributed by atoms with Crippen molar-refractivity contribution in [3.8, 4) is 5.75 Å². The summed E-state index contributed by atoms with van der Waals surface area (Å²) in [5.74, 6) is 1.39. The van der Waals surface area contributed by atoms with Crippen molar-refractivity contribution in [3.63, 3.8) is 0 Å². The quantitative estimate of drug-likeness (QED) is 0.857. The van der Waals surface area contributed by atoms with Gasteiger partial charge < -0.3 is 19.9 Å². The van der Waals surface area contributed by atoms with Crippen molar-refractivity contribution in [2.24, 2.45) is 0 Å². The van der Waals surface area contributed by atoms with E-state index in [9.17, 15) is 4.79 Å². The summed E-state index contributed by atoms with van der Waals surface area (Å²) in [6, 6.07) is 6.69. The Kier molecular flexibility index (Phi) is 5.05. The molecule has 0 unspecified atom stereocenters. The minimum absolute atomic E-state index is 0.135. The number of aromatic nitrogens is 1. The average Bonchev–Trinajstić information content (AvgIpc) is 3.12. The molecule has 2 N–H and O–H groups in total. The first-order valence-electron chi connectivity index (χ1n) is 9.95. The van der Waals surface area contributed by atoms with Crippen LogP contribution in [0.3, 0.4) is 0 Å². The number of nitrogens with one attached hydrogen (secondary N) is 2. The third-order valence-electron chi connectivity index (χ3n) is 6.08. The number of ether oxygens (including phenoxy) is 1. The van der Waals surface area contributed by atoms with Gasteiger partial charge in [-0.1, -0.05) is 19.3 Å². The highest BCUT2D eigenvalue weighted by Crippen LogP contribution is 2.34. The topological polar surface area (TPSA) is 57.4 Å². The predicted octanol–water partition coefficient (Wildman–Crippen LogP) is 4.40. The number of hydrogen-bond donors (Lipinski definition) is 2. The summed E-state index contributed by atoms with van der Waals surface area (Å²) >= 11 is 0. The third kappa shape index (κ3) is 3.53. The van der Waals surface area contributed by atoms with Gasteiger partial charge in [0.05, 0.1) is 7.11 Å². The Morgan fingerprint density at radius 1 is 1.15 bits per heavy atom. The summed E-state index contributed by atoms with van der Waals surface area (Å²) in [5, 5.41) is 4.49. The number of H-pyrrole nitrogens is 1. The Labute approximate surface area is 155 Å². The van der Waals surface area contributed by atoms with Gasteiger partial charge in [0.25, 0.3) is 0 Å². The summed E-state index contributed by atoms with van der Waals surface area (Å²) in [4.78, 5) is 17.9. The van der Waals surface area contributed by atoms with Crippen LogP contribution in [0.15, 0.2) is 24.4 Å². The molecule has 2 amide bonds. The molecule has 0 radical (unpaired) electrons. The van der Waals surface area contributed by atoms with Crippen molar-refractivity contribution >= 4 is 16.9 Å². The number of amides is 2. The Hall–Kier alpha value is -2.17. The number of likely N-dealkylation sites (tertiary alicyclic amines) is 1. The maximum Gasteiger partial charge on any atom is 0.317 e. The maximum atomic E-state index is 12.5. The molecule has 1 saturated carbocycles. The lowest BCUT2D eigenvalue weighted by Gasteiger charge is -2.34. The van der Waals surface area contributed by atoms with E-state index in [0.717, 1.165) is 50.0 Å². The molecule has 4 rings (SSSR count). The number of piperidine rings is 1. The van der Waals surface area contributed by atoms with E-state index in [1.54, 1.807) is 7.11 Å². The molecule has 2 heterocycles. The molecule has 0 spiro atoms. The van der Waals surface area contributed by atoms with E-state index < -0.39 is 0 Å². The van der Waals surface area contributed by atoms with Crippen LogP contribution in [0.1, 0.15) is 56.4 Å². The van der Waals surface area contributed by atoms with Crippen molar-refractivity contribution in [2.75, 3.05) is 20.2 Å². The molecular weight excluding hydrogens is 326 g/mol. The van der Waals surface area contributed by atoms with E-state index in [2.05, 4.69) is 28.6 Å². The fraction of sp³-hybridized carbons (Fsp3) is 0.571. The molecule has 2 fully saturated rings. The Morgan fingerprint density at radius 3 is 2.65 bits per heavy atom. The number of carbonyl (C=O) groups excluding carboxylic acids is 1. The van der Waals surface area contributed by atoms with Crippen LogP contribution in [-0.4, -0.2) is 42.2 Å². The van der Waals surface area contributed by atoms with Gasteiger partial charge >= 0.3 is 6.03 Å². The molecule has 1 aliphatic carbocycles. The van der Waals surface area contributed by atoms with Gasteiger partial charge in [0.15, 0.2) is 0 Å². The molecule has 1 aromatic carbocycles. The summed E-state index contributed by atoms with van der Waals surface area (Å²) in [5.41, 5.74) is 2.50. The fourth-order valence-electron chi connectivity index (χ4n) is 4.49. The molecule has 1 aliphatic heterocycles. The van der Waals surface area contributed by atoms with E-state index in [-0.39, 0.29) is 6.03 Å². The van der Waals surface area contributed by atoms with Gasteiger partial charge in [-0.25, -0.2) is 4.79 Å². The smallest absolute Gasteiger partial charge is 0.317 e. The molecule has 5 heteroatoms. The first-order chi connectivity index (χ1) is 12.7. The monoisotopic (exact) mass is 355 g/mol. The van der Waals surface area contributed by atoms with Crippen molar-refractivity contribution < 1.29 is 9.53 Å². The maximum absolute atomic E-state index is 12.5. The van der Waals surface area contributed by atoms with Gasteiger partial charge in [-0.2, -0.15) is 0 Å². The van der Waals surface area contributed by atoms with Crippen LogP contribution in [0.5, 0.6) is 5.75 Å². The van der Waals surface area contributed by atoms with Crippen LogP contribution in [0.25, 0.3) is 10.9 Å². The van der Waals surface area contributed by atoms with E-state index >= 15 is 0 Å². The number of aromatic amines is 1. The highest BCUT2D eigenvalue weighted by molar-refractivity contribution is 5.85.